The highest BCUT2D eigenvalue weighted by Gasteiger charge is 2.48. The van der Waals surface area contributed by atoms with Gasteiger partial charge in [0.15, 0.2) is 0 Å². The van der Waals surface area contributed by atoms with E-state index in [9.17, 15) is 19.5 Å². The molecule has 0 saturated heterocycles. The standard InChI is InChI=1S/C18H24O6/c1-4-12(13-8-6-5-7-9-13)11-18(2,17(23)24-3)14(16(21)22)10-15(19)20/h5-9,12,14H,4,10-11H2,1-3H3,(H,19,20)(H,21,22). The summed E-state index contributed by atoms with van der Waals surface area (Å²) in [6.07, 6.45) is 0.257. The minimum absolute atomic E-state index is 0.0778. The number of carboxylic acid groups (broad SMARTS) is 2. The number of carboxylic acids is 2. The molecular formula is C18H24O6. The van der Waals surface area contributed by atoms with Crippen LogP contribution in [0.15, 0.2) is 30.3 Å². The molecule has 0 fully saturated rings. The van der Waals surface area contributed by atoms with Gasteiger partial charge in [0.05, 0.1) is 24.9 Å². The molecule has 132 valence electrons. The fourth-order valence-electron chi connectivity index (χ4n) is 3.10. The quantitative estimate of drug-likeness (QED) is 0.672. The zero-order valence-corrected chi connectivity index (χ0v) is 14.2. The number of hydrogen-bond donors (Lipinski definition) is 2. The molecule has 2 N–H and O–H groups in total. The van der Waals surface area contributed by atoms with Gasteiger partial charge in [0.25, 0.3) is 0 Å². The van der Waals surface area contributed by atoms with Crippen molar-refractivity contribution in [3.63, 3.8) is 0 Å². The van der Waals surface area contributed by atoms with Crippen LogP contribution in [0.5, 0.6) is 0 Å². The minimum atomic E-state index is -1.44. The van der Waals surface area contributed by atoms with Crippen molar-refractivity contribution < 1.29 is 29.3 Å². The SMILES string of the molecule is CCC(CC(C)(C(=O)OC)C(CC(=O)O)C(=O)O)c1ccccc1. The number of aliphatic carboxylic acids is 2. The van der Waals surface area contributed by atoms with Gasteiger partial charge in [-0.1, -0.05) is 37.3 Å². The second-order valence-electron chi connectivity index (χ2n) is 6.12. The number of carbonyl (C=O) groups is 3. The Balaban J connectivity index is 3.25. The van der Waals surface area contributed by atoms with Crippen LogP contribution < -0.4 is 0 Å². The summed E-state index contributed by atoms with van der Waals surface area (Å²) in [5.41, 5.74) is -0.454. The van der Waals surface area contributed by atoms with E-state index in [1.807, 2.05) is 37.3 Å². The van der Waals surface area contributed by atoms with Crippen molar-refractivity contribution in [2.75, 3.05) is 7.11 Å². The first kappa shape index (κ1) is 19.7. The van der Waals surface area contributed by atoms with Crippen LogP contribution >= 0.6 is 0 Å². The summed E-state index contributed by atoms with van der Waals surface area (Å²) in [5, 5.41) is 18.5. The van der Waals surface area contributed by atoms with Crippen molar-refractivity contribution in [2.24, 2.45) is 11.3 Å². The molecule has 0 bridgehead atoms. The Morgan fingerprint density at radius 2 is 1.75 bits per heavy atom. The molecule has 0 amide bonds. The molecule has 1 aromatic carbocycles. The first-order valence-electron chi connectivity index (χ1n) is 7.84. The lowest BCUT2D eigenvalue weighted by molar-refractivity contribution is -0.167. The van der Waals surface area contributed by atoms with Crippen LogP contribution in [0, 0.1) is 11.3 Å². The van der Waals surface area contributed by atoms with E-state index in [0.717, 1.165) is 5.56 Å². The van der Waals surface area contributed by atoms with Gasteiger partial charge in [-0.3, -0.25) is 14.4 Å². The largest absolute Gasteiger partial charge is 0.481 e. The van der Waals surface area contributed by atoms with Gasteiger partial charge in [-0.05, 0) is 31.2 Å². The van der Waals surface area contributed by atoms with Crippen molar-refractivity contribution in [2.45, 2.75) is 39.0 Å². The molecule has 3 atom stereocenters. The first-order chi connectivity index (χ1) is 11.3. The normalized spacial score (nSPS) is 15.8. The molecule has 0 heterocycles. The Hall–Kier alpha value is -2.37. The zero-order valence-electron chi connectivity index (χ0n) is 14.2. The average molecular weight is 336 g/mol. The van der Waals surface area contributed by atoms with Crippen molar-refractivity contribution >= 4 is 17.9 Å². The van der Waals surface area contributed by atoms with Gasteiger partial charge >= 0.3 is 17.9 Å². The highest BCUT2D eigenvalue weighted by atomic mass is 16.5. The van der Waals surface area contributed by atoms with Gasteiger partial charge in [0, 0.05) is 0 Å². The molecule has 0 saturated carbocycles. The summed E-state index contributed by atoms with van der Waals surface area (Å²) in [4.78, 5) is 35.1. The second-order valence-corrected chi connectivity index (χ2v) is 6.12. The molecule has 0 spiro atoms. The maximum Gasteiger partial charge on any atom is 0.312 e. The fraction of sp³-hybridized carbons (Fsp3) is 0.500. The molecular weight excluding hydrogens is 312 g/mol. The highest BCUT2D eigenvalue weighted by Crippen LogP contribution is 2.42. The van der Waals surface area contributed by atoms with Crippen molar-refractivity contribution in [1.82, 2.24) is 0 Å². The lowest BCUT2D eigenvalue weighted by Gasteiger charge is -2.35. The lowest BCUT2D eigenvalue weighted by atomic mass is 9.68. The van der Waals surface area contributed by atoms with E-state index >= 15 is 0 Å². The summed E-state index contributed by atoms with van der Waals surface area (Å²) in [6.45, 7) is 3.43. The highest BCUT2D eigenvalue weighted by molar-refractivity contribution is 5.87. The number of methoxy groups -OCH3 is 1. The van der Waals surface area contributed by atoms with Crippen LogP contribution in [0.2, 0.25) is 0 Å². The molecule has 0 aliphatic rings. The van der Waals surface area contributed by atoms with Crippen LogP contribution in [0.1, 0.15) is 44.6 Å². The Labute approximate surface area is 141 Å². The summed E-state index contributed by atoms with van der Waals surface area (Å²) in [5.74, 6) is -4.71. The fourth-order valence-corrected chi connectivity index (χ4v) is 3.10. The smallest absolute Gasteiger partial charge is 0.312 e. The van der Waals surface area contributed by atoms with E-state index in [4.69, 9.17) is 9.84 Å². The second kappa shape index (κ2) is 8.47. The molecule has 0 aliphatic heterocycles. The van der Waals surface area contributed by atoms with Gasteiger partial charge in [-0.15, -0.1) is 0 Å². The topological polar surface area (TPSA) is 101 Å². The summed E-state index contributed by atoms with van der Waals surface area (Å²) in [6, 6.07) is 9.46. The monoisotopic (exact) mass is 336 g/mol. The van der Waals surface area contributed by atoms with Crippen molar-refractivity contribution in [1.29, 1.82) is 0 Å². The first-order valence-corrected chi connectivity index (χ1v) is 7.84. The number of esters is 1. The average Bonchev–Trinajstić information content (AvgIpc) is 2.56. The Bertz CT molecular complexity index is 582. The maximum absolute atomic E-state index is 12.4. The zero-order chi connectivity index (χ0) is 18.3. The molecule has 6 heteroatoms. The number of benzene rings is 1. The molecule has 0 radical (unpaired) electrons. The van der Waals surface area contributed by atoms with E-state index < -0.39 is 35.7 Å². The Morgan fingerprint density at radius 3 is 2.17 bits per heavy atom. The van der Waals surface area contributed by atoms with Gasteiger partial charge in [0.2, 0.25) is 0 Å². The number of carbonyl (C=O) groups excluding carboxylic acids is 1. The van der Waals surface area contributed by atoms with E-state index in [0.29, 0.717) is 6.42 Å². The number of ether oxygens (including phenoxy) is 1. The van der Waals surface area contributed by atoms with Crippen molar-refractivity contribution in [3.8, 4) is 0 Å². The van der Waals surface area contributed by atoms with Crippen LogP contribution in [-0.2, 0) is 19.1 Å². The van der Waals surface area contributed by atoms with Gasteiger partial charge in [-0.25, -0.2) is 0 Å². The molecule has 6 nitrogen and oxygen atoms in total. The molecule has 3 unspecified atom stereocenters. The van der Waals surface area contributed by atoms with Crippen LogP contribution in [-0.4, -0.2) is 35.2 Å². The molecule has 0 aliphatic carbocycles. The molecule has 0 aromatic heterocycles. The summed E-state index contributed by atoms with van der Waals surface area (Å²) < 4.78 is 4.81. The minimum Gasteiger partial charge on any atom is -0.481 e. The third-order valence-electron chi connectivity index (χ3n) is 4.53. The van der Waals surface area contributed by atoms with E-state index in [1.165, 1.54) is 14.0 Å². The van der Waals surface area contributed by atoms with Crippen molar-refractivity contribution in [3.05, 3.63) is 35.9 Å². The van der Waals surface area contributed by atoms with Gasteiger partial charge in [0.1, 0.15) is 0 Å². The van der Waals surface area contributed by atoms with Gasteiger partial charge in [-0.2, -0.15) is 0 Å². The van der Waals surface area contributed by atoms with E-state index in [2.05, 4.69) is 0 Å². The summed E-state index contributed by atoms with van der Waals surface area (Å²) in [7, 11) is 1.18. The predicted molar refractivity (Wildman–Crippen MR) is 87.6 cm³/mol. The molecule has 1 aromatic rings. The van der Waals surface area contributed by atoms with Gasteiger partial charge < -0.3 is 14.9 Å². The number of hydrogen-bond acceptors (Lipinski definition) is 4. The predicted octanol–water partition coefficient (Wildman–Crippen LogP) is 2.93. The van der Waals surface area contributed by atoms with E-state index in [1.54, 1.807) is 0 Å². The summed E-state index contributed by atoms with van der Waals surface area (Å²) >= 11 is 0. The van der Waals surface area contributed by atoms with Crippen LogP contribution in [0.4, 0.5) is 0 Å². The van der Waals surface area contributed by atoms with E-state index in [-0.39, 0.29) is 12.3 Å². The third kappa shape index (κ3) is 4.57. The number of rotatable bonds is 9. The Kier molecular flexibility index (Phi) is 6.95. The molecule has 24 heavy (non-hydrogen) atoms. The third-order valence-corrected chi connectivity index (χ3v) is 4.53. The maximum atomic E-state index is 12.4. The lowest BCUT2D eigenvalue weighted by Crippen LogP contribution is -2.43. The molecule has 1 rings (SSSR count). The van der Waals surface area contributed by atoms with Crippen LogP contribution in [0.3, 0.4) is 0 Å². The van der Waals surface area contributed by atoms with Crippen LogP contribution in [0.25, 0.3) is 0 Å². The Morgan fingerprint density at radius 1 is 1.17 bits per heavy atom.